The van der Waals surface area contributed by atoms with E-state index in [4.69, 9.17) is 9.98 Å². The van der Waals surface area contributed by atoms with E-state index in [0.29, 0.717) is 0 Å². The van der Waals surface area contributed by atoms with Gasteiger partial charge in [-0.1, -0.05) is 66.7 Å². The molecule has 2 nitrogen and oxygen atoms in total. The summed E-state index contributed by atoms with van der Waals surface area (Å²) >= 11 is 0. The summed E-state index contributed by atoms with van der Waals surface area (Å²) in [4.78, 5) is 10.9. The van der Waals surface area contributed by atoms with Gasteiger partial charge in [0, 0.05) is 5.70 Å². The first kappa shape index (κ1) is 25.1. The molecule has 194 valence electrons. The topological polar surface area (TPSA) is 25.2 Å². The van der Waals surface area contributed by atoms with Crippen molar-refractivity contribution in [2.24, 2.45) is 4.99 Å². The van der Waals surface area contributed by atoms with Gasteiger partial charge in [-0.05, 0) is 65.4 Å². The summed E-state index contributed by atoms with van der Waals surface area (Å²) in [5, 5.41) is 0. The van der Waals surface area contributed by atoms with Crippen LogP contribution in [0.3, 0.4) is 0 Å². The van der Waals surface area contributed by atoms with E-state index in [1.807, 2.05) is 0 Å². The Hall–Kier alpha value is -3.87. The molecule has 0 amide bonds. The van der Waals surface area contributed by atoms with E-state index in [1.54, 1.807) is 0 Å². The largest absolute Gasteiger partial charge is 2.00 e. The summed E-state index contributed by atoms with van der Waals surface area (Å²) < 4.78 is 0. The van der Waals surface area contributed by atoms with Gasteiger partial charge >= 0.3 is 21.1 Å². The van der Waals surface area contributed by atoms with Crippen molar-refractivity contribution in [3.63, 3.8) is 0 Å². The molecule has 0 saturated carbocycles. The standard InChI is InChI=1S/C37H26N2.Pt/c1-3-15-31-29(13-1)30-14-2-4-16-32(30)37(31)35-19-7-17-33(38-35)27-11-5-9-25(23-27)21-22-26-10-6-12-28(24-26)34-18-8-20-36(37)39-34;/h1-7,9-17,19-20H,8,18,21-22H2;/q-2;+2. The van der Waals surface area contributed by atoms with Gasteiger partial charge in [-0.15, -0.1) is 70.8 Å². The van der Waals surface area contributed by atoms with Gasteiger partial charge in [-0.2, -0.15) is 0 Å². The first-order chi connectivity index (χ1) is 19.3. The van der Waals surface area contributed by atoms with Crippen LogP contribution in [0.25, 0.3) is 22.4 Å². The van der Waals surface area contributed by atoms with Crippen molar-refractivity contribution < 1.29 is 21.1 Å². The molecule has 0 atom stereocenters. The summed E-state index contributed by atoms with van der Waals surface area (Å²) in [7, 11) is 0. The van der Waals surface area contributed by atoms with Crippen LogP contribution in [0.1, 0.15) is 46.4 Å². The van der Waals surface area contributed by atoms with Crippen LogP contribution in [-0.2, 0) is 39.3 Å². The second-order valence-electron chi connectivity index (χ2n) is 10.6. The second kappa shape index (κ2) is 9.95. The number of aliphatic imine (C=N–C) groups is 1. The number of aryl methyl sites for hydroxylation is 2. The van der Waals surface area contributed by atoms with Crippen molar-refractivity contribution in [3.05, 3.63) is 161 Å². The van der Waals surface area contributed by atoms with Gasteiger partial charge in [0.2, 0.25) is 0 Å². The molecule has 0 radical (unpaired) electrons. The summed E-state index contributed by atoms with van der Waals surface area (Å²) in [5.74, 6) is 0. The number of fused-ring (bicyclic) bond motifs is 16. The molecule has 5 aromatic rings. The van der Waals surface area contributed by atoms with Crippen molar-refractivity contribution in [3.8, 4) is 22.4 Å². The molecule has 0 N–H and O–H groups in total. The first-order valence-corrected chi connectivity index (χ1v) is 13.8. The Morgan fingerprint density at radius 1 is 0.600 bits per heavy atom. The molecule has 4 aromatic carbocycles. The van der Waals surface area contributed by atoms with E-state index in [2.05, 4.69) is 121 Å². The van der Waals surface area contributed by atoms with Crippen LogP contribution in [0.15, 0.2) is 120 Å². The third-order valence-corrected chi connectivity index (χ3v) is 8.41. The molecule has 2 aliphatic heterocycles. The van der Waals surface area contributed by atoms with Crippen LogP contribution in [0.2, 0.25) is 0 Å². The minimum atomic E-state index is -0.607. The monoisotopic (exact) mass is 693 g/mol. The molecule has 3 heterocycles. The van der Waals surface area contributed by atoms with E-state index >= 15 is 0 Å². The maximum absolute atomic E-state index is 5.48. The van der Waals surface area contributed by atoms with Crippen LogP contribution in [0.4, 0.5) is 0 Å². The molecular weight excluding hydrogens is 667 g/mol. The van der Waals surface area contributed by atoms with E-state index in [9.17, 15) is 0 Å². The maximum Gasteiger partial charge on any atom is 2.00 e. The van der Waals surface area contributed by atoms with Gasteiger partial charge in [0.1, 0.15) is 5.41 Å². The summed E-state index contributed by atoms with van der Waals surface area (Å²) in [6.07, 6.45) is 6.01. The Labute approximate surface area is 249 Å². The Balaban J connectivity index is 0.00000264. The number of aromatic nitrogens is 1. The minimum Gasteiger partial charge on any atom is -0.304 e. The predicted molar refractivity (Wildman–Crippen MR) is 157 cm³/mol. The van der Waals surface area contributed by atoms with Crippen LogP contribution < -0.4 is 0 Å². The van der Waals surface area contributed by atoms with Gasteiger partial charge in [-0.25, -0.2) is 0 Å². The Morgan fingerprint density at radius 2 is 1.23 bits per heavy atom. The SMILES string of the molecule is [Pt+2].[c-]1c2cccc1C1=NC(=CCC1)C1(c3cccc(n3)-c3[c-]c(ccc3)CC2)c2ccccc2-c2ccccc21. The Morgan fingerprint density at radius 3 is 1.95 bits per heavy atom. The minimum absolute atomic E-state index is 0. The molecule has 40 heavy (non-hydrogen) atoms. The number of hydrogen-bond donors (Lipinski definition) is 0. The van der Waals surface area contributed by atoms with Crippen molar-refractivity contribution in [1.82, 2.24) is 4.98 Å². The zero-order valence-electron chi connectivity index (χ0n) is 21.9. The fourth-order valence-electron chi connectivity index (χ4n) is 6.65. The van der Waals surface area contributed by atoms with E-state index in [1.165, 1.54) is 33.4 Å². The number of hydrogen-bond acceptors (Lipinski definition) is 2. The van der Waals surface area contributed by atoms with Crippen LogP contribution in [0.5, 0.6) is 0 Å². The summed E-state index contributed by atoms with van der Waals surface area (Å²) in [5.41, 5.74) is 13.0. The predicted octanol–water partition coefficient (Wildman–Crippen LogP) is 7.93. The molecule has 3 heteroatoms. The zero-order valence-corrected chi connectivity index (χ0v) is 24.2. The molecular formula is C37H26N2Pt. The molecule has 0 saturated heterocycles. The van der Waals surface area contributed by atoms with Gasteiger partial charge in [0.25, 0.3) is 0 Å². The zero-order chi connectivity index (χ0) is 25.8. The number of benzene rings is 4. The molecule has 3 aliphatic rings. The quantitative estimate of drug-likeness (QED) is 0.151. The van der Waals surface area contributed by atoms with Crippen molar-refractivity contribution in [2.45, 2.75) is 31.1 Å². The molecule has 0 fully saturated rings. The van der Waals surface area contributed by atoms with Gasteiger partial charge in [0.05, 0.1) is 5.69 Å². The van der Waals surface area contributed by atoms with Crippen molar-refractivity contribution in [1.29, 1.82) is 0 Å². The third-order valence-electron chi connectivity index (χ3n) is 8.41. The fraction of sp³-hybridized carbons (Fsp3) is 0.135. The van der Waals surface area contributed by atoms with E-state index in [0.717, 1.165) is 59.6 Å². The number of allylic oxidation sites excluding steroid dienone is 2. The maximum atomic E-state index is 5.48. The molecule has 1 aliphatic carbocycles. The fourth-order valence-corrected chi connectivity index (χ4v) is 6.65. The number of rotatable bonds is 0. The van der Waals surface area contributed by atoms with Crippen molar-refractivity contribution in [2.75, 3.05) is 0 Å². The normalized spacial score (nSPS) is 15.9. The number of nitrogens with zero attached hydrogens (tertiary/aromatic N) is 2. The molecule has 8 bridgehead atoms. The molecule has 8 rings (SSSR count). The van der Waals surface area contributed by atoms with Crippen LogP contribution in [-0.4, -0.2) is 10.7 Å². The average Bonchev–Trinajstić information content (AvgIpc) is 3.31. The van der Waals surface area contributed by atoms with Crippen LogP contribution in [0, 0.1) is 12.1 Å². The smallest absolute Gasteiger partial charge is 0.304 e. The molecule has 0 unspecified atom stereocenters. The number of pyridine rings is 1. The van der Waals surface area contributed by atoms with Crippen molar-refractivity contribution >= 4 is 5.71 Å². The van der Waals surface area contributed by atoms with E-state index in [-0.39, 0.29) is 21.1 Å². The second-order valence-corrected chi connectivity index (χ2v) is 10.6. The Bertz CT molecular complexity index is 1780. The third kappa shape index (κ3) is 3.81. The van der Waals surface area contributed by atoms with Crippen LogP contribution >= 0.6 is 0 Å². The average molecular weight is 694 g/mol. The van der Waals surface area contributed by atoms with Gasteiger partial charge in [-0.3, -0.25) is 4.98 Å². The Kier molecular flexibility index (Phi) is 6.25. The summed E-state index contributed by atoms with van der Waals surface area (Å²) in [6.45, 7) is 0. The first-order valence-electron chi connectivity index (χ1n) is 13.8. The molecule has 1 aromatic heterocycles. The van der Waals surface area contributed by atoms with E-state index < -0.39 is 5.41 Å². The molecule has 1 spiro atoms. The van der Waals surface area contributed by atoms with Gasteiger partial charge in [0.15, 0.2) is 0 Å². The van der Waals surface area contributed by atoms with Gasteiger partial charge < -0.3 is 4.99 Å². The summed E-state index contributed by atoms with van der Waals surface area (Å²) in [6, 6.07) is 44.3.